The Labute approximate surface area is 139 Å². The van der Waals surface area contributed by atoms with Gasteiger partial charge in [-0.3, -0.25) is 14.7 Å². The second-order valence-corrected chi connectivity index (χ2v) is 6.94. The van der Waals surface area contributed by atoms with Gasteiger partial charge in [0.15, 0.2) is 0 Å². The Balaban J connectivity index is 1.41. The van der Waals surface area contributed by atoms with Gasteiger partial charge in [-0.2, -0.15) is 10.2 Å². The quantitative estimate of drug-likeness (QED) is 0.915. The first-order valence-corrected chi connectivity index (χ1v) is 8.42. The number of H-pyrrole nitrogens is 1. The van der Waals surface area contributed by atoms with Crippen LogP contribution in [-0.2, 0) is 6.54 Å². The predicted molar refractivity (Wildman–Crippen MR) is 87.9 cm³/mol. The zero-order chi connectivity index (χ0) is 16.8. The summed E-state index contributed by atoms with van der Waals surface area (Å²) in [5, 5.41) is 11.4. The van der Waals surface area contributed by atoms with E-state index in [1.807, 2.05) is 24.8 Å². The SMILES string of the molecule is Cc1n[nH]c(C)c1C(=O)N1CC(Cn2nc(C3CC3)ccc2=O)C1. The zero-order valence-electron chi connectivity index (χ0n) is 14.0. The molecule has 2 aromatic rings. The monoisotopic (exact) mass is 327 g/mol. The molecule has 1 saturated carbocycles. The molecule has 1 aliphatic heterocycles. The van der Waals surface area contributed by atoms with Crippen LogP contribution in [0.25, 0.3) is 0 Å². The minimum atomic E-state index is -0.0642. The fraction of sp³-hybridized carbons (Fsp3) is 0.529. The summed E-state index contributed by atoms with van der Waals surface area (Å²) >= 11 is 0. The maximum atomic E-state index is 12.5. The standard InChI is InChI=1S/C17H21N5O2/c1-10-16(11(2)19-18-10)17(24)21-7-12(8-21)9-22-15(23)6-5-14(20-22)13-3-4-13/h5-6,12-13H,3-4,7-9H2,1-2H3,(H,18,19). The van der Waals surface area contributed by atoms with Crippen LogP contribution < -0.4 is 5.56 Å². The van der Waals surface area contributed by atoms with Crippen molar-refractivity contribution in [1.29, 1.82) is 0 Å². The van der Waals surface area contributed by atoms with Crippen LogP contribution in [0.5, 0.6) is 0 Å². The molecule has 2 aliphatic rings. The Morgan fingerprint density at radius 1 is 1.29 bits per heavy atom. The summed E-state index contributed by atoms with van der Waals surface area (Å²) < 4.78 is 1.56. The van der Waals surface area contributed by atoms with E-state index in [1.165, 1.54) is 12.8 Å². The molecule has 0 unspecified atom stereocenters. The molecule has 1 N–H and O–H groups in total. The van der Waals surface area contributed by atoms with Crippen LogP contribution in [0.4, 0.5) is 0 Å². The highest BCUT2D eigenvalue weighted by atomic mass is 16.2. The van der Waals surface area contributed by atoms with E-state index in [-0.39, 0.29) is 17.4 Å². The van der Waals surface area contributed by atoms with E-state index in [0.717, 1.165) is 17.1 Å². The summed E-state index contributed by atoms with van der Waals surface area (Å²) in [5.41, 5.74) is 3.16. The van der Waals surface area contributed by atoms with Crippen LogP contribution in [-0.4, -0.2) is 43.9 Å². The lowest BCUT2D eigenvalue weighted by Crippen LogP contribution is -2.52. The molecule has 0 atom stereocenters. The summed E-state index contributed by atoms with van der Waals surface area (Å²) in [4.78, 5) is 26.3. The Morgan fingerprint density at radius 2 is 2.04 bits per heavy atom. The molecule has 24 heavy (non-hydrogen) atoms. The highest BCUT2D eigenvalue weighted by molar-refractivity contribution is 5.96. The van der Waals surface area contributed by atoms with E-state index in [4.69, 9.17) is 0 Å². The fourth-order valence-corrected chi connectivity index (χ4v) is 3.31. The molecule has 7 nitrogen and oxygen atoms in total. The number of likely N-dealkylation sites (tertiary alicyclic amines) is 1. The Hall–Kier alpha value is -2.44. The number of carbonyl (C=O) groups excluding carboxylic acids is 1. The summed E-state index contributed by atoms with van der Waals surface area (Å²) in [6, 6.07) is 3.46. The molecule has 0 aromatic carbocycles. The average Bonchev–Trinajstić information content (AvgIpc) is 3.30. The van der Waals surface area contributed by atoms with Gasteiger partial charge in [0.2, 0.25) is 0 Å². The van der Waals surface area contributed by atoms with E-state index >= 15 is 0 Å². The van der Waals surface area contributed by atoms with Gasteiger partial charge in [0, 0.05) is 36.7 Å². The fourth-order valence-electron chi connectivity index (χ4n) is 3.31. The van der Waals surface area contributed by atoms with Crippen molar-refractivity contribution in [2.45, 2.75) is 39.2 Å². The molecular formula is C17H21N5O2. The Bertz CT molecular complexity index is 823. The minimum absolute atomic E-state index is 0.0158. The highest BCUT2D eigenvalue weighted by Crippen LogP contribution is 2.38. The molecule has 4 rings (SSSR count). The molecule has 1 saturated heterocycles. The van der Waals surface area contributed by atoms with Gasteiger partial charge >= 0.3 is 0 Å². The minimum Gasteiger partial charge on any atom is -0.338 e. The lowest BCUT2D eigenvalue weighted by Gasteiger charge is -2.39. The normalized spacial score (nSPS) is 17.8. The van der Waals surface area contributed by atoms with Crippen LogP contribution in [0.3, 0.4) is 0 Å². The molecular weight excluding hydrogens is 306 g/mol. The maximum absolute atomic E-state index is 12.5. The van der Waals surface area contributed by atoms with Gasteiger partial charge in [-0.05, 0) is 32.8 Å². The number of rotatable bonds is 4. The summed E-state index contributed by atoms with van der Waals surface area (Å²) in [5.74, 6) is 0.825. The lowest BCUT2D eigenvalue weighted by atomic mass is 9.98. The predicted octanol–water partition coefficient (Wildman–Crippen LogP) is 1.23. The smallest absolute Gasteiger partial charge is 0.266 e. The number of nitrogens with one attached hydrogen (secondary N) is 1. The third-order valence-electron chi connectivity index (χ3n) is 4.90. The molecule has 126 valence electrons. The summed E-state index contributed by atoms with van der Waals surface area (Å²) in [7, 11) is 0. The summed E-state index contributed by atoms with van der Waals surface area (Å²) in [6.07, 6.45) is 2.33. The van der Waals surface area contributed by atoms with Crippen molar-refractivity contribution < 1.29 is 4.79 Å². The number of nitrogens with zero attached hydrogens (tertiary/aromatic N) is 4. The number of aryl methyl sites for hydroxylation is 2. The van der Waals surface area contributed by atoms with E-state index in [0.29, 0.717) is 31.1 Å². The van der Waals surface area contributed by atoms with Crippen LogP contribution >= 0.6 is 0 Å². The van der Waals surface area contributed by atoms with Crippen molar-refractivity contribution >= 4 is 5.91 Å². The van der Waals surface area contributed by atoms with Gasteiger partial charge in [-0.15, -0.1) is 0 Å². The lowest BCUT2D eigenvalue weighted by molar-refractivity contribution is 0.0456. The molecule has 1 aliphatic carbocycles. The van der Waals surface area contributed by atoms with Crippen LogP contribution in [0.1, 0.15) is 46.2 Å². The van der Waals surface area contributed by atoms with E-state index in [9.17, 15) is 9.59 Å². The number of hydrogen-bond donors (Lipinski definition) is 1. The topological polar surface area (TPSA) is 83.9 Å². The molecule has 0 bridgehead atoms. The van der Waals surface area contributed by atoms with E-state index in [2.05, 4.69) is 15.3 Å². The number of aromatic amines is 1. The first-order chi connectivity index (χ1) is 11.5. The number of aromatic nitrogens is 4. The van der Waals surface area contributed by atoms with Crippen molar-refractivity contribution in [3.8, 4) is 0 Å². The largest absolute Gasteiger partial charge is 0.338 e. The Kier molecular flexibility index (Phi) is 3.51. The third-order valence-corrected chi connectivity index (χ3v) is 4.90. The third kappa shape index (κ3) is 2.64. The van der Waals surface area contributed by atoms with Crippen LogP contribution in [0.2, 0.25) is 0 Å². The van der Waals surface area contributed by atoms with Crippen molar-refractivity contribution in [1.82, 2.24) is 24.9 Å². The molecule has 3 heterocycles. The van der Waals surface area contributed by atoms with E-state index < -0.39 is 0 Å². The Morgan fingerprint density at radius 3 is 2.67 bits per heavy atom. The summed E-state index contributed by atoms with van der Waals surface area (Å²) in [6.45, 7) is 5.58. The van der Waals surface area contributed by atoms with Crippen LogP contribution in [0, 0.1) is 19.8 Å². The van der Waals surface area contributed by atoms with Crippen molar-refractivity contribution in [3.05, 3.63) is 45.1 Å². The molecule has 0 spiro atoms. The van der Waals surface area contributed by atoms with Gasteiger partial charge < -0.3 is 4.90 Å². The number of carbonyl (C=O) groups is 1. The van der Waals surface area contributed by atoms with Crippen molar-refractivity contribution in [2.24, 2.45) is 5.92 Å². The first-order valence-electron chi connectivity index (χ1n) is 8.42. The van der Waals surface area contributed by atoms with E-state index in [1.54, 1.807) is 10.7 Å². The van der Waals surface area contributed by atoms with Crippen molar-refractivity contribution in [2.75, 3.05) is 13.1 Å². The maximum Gasteiger partial charge on any atom is 0.266 e. The zero-order valence-corrected chi connectivity index (χ0v) is 14.0. The molecule has 2 aromatic heterocycles. The molecule has 2 fully saturated rings. The van der Waals surface area contributed by atoms with Gasteiger partial charge in [0.25, 0.3) is 11.5 Å². The highest BCUT2D eigenvalue weighted by Gasteiger charge is 2.34. The number of hydrogen-bond acceptors (Lipinski definition) is 4. The first kappa shape index (κ1) is 15.1. The van der Waals surface area contributed by atoms with Crippen LogP contribution in [0.15, 0.2) is 16.9 Å². The van der Waals surface area contributed by atoms with Gasteiger partial charge in [0.1, 0.15) is 0 Å². The second kappa shape index (κ2) is 5.58. The van der Waals surface area contributed by atoms with Crippen molar-refractivity contribution in [3.63, 3.8) is 0 Å². The average molecular weight is 327 g/mol. The second-order valence-electron chi connectivity index (χ2n) is 6.94. The van der Waals surface area contributed by atoms with Gasteiger partial charge in [-0.1, -0.05) is 0 Å². The number of amides is 1. The van der Waals surface area contributed by atoms with Gasteiger partial charge in [0.05, 0.1) is 23.5 Å². The van der Waals surface area contributed by atoms with Gasteiger partial charge in [-0.25, -0.2) is 4.68 Å². The molecule has 1 amide bonds. The molecule has 0 radical (unpaired) electrons. The molecule has 7 heteroatoms.